The summed E-state index contributed by atoms with van der Waals surface area (Å²) in [6.07, 6.45) is 3.57. The first-order valence-corrected chi connectivity index (χ1v) is 8.26. The molecule has 0 fully saturated rings. The highest BCUT2D eigenvalue weighted by Gasteiger charge is 2.13. The van der Waals surface area contributed by atoms with Gasteiger partial charge in [-0.3, -0.25) is 9.59 Å². The van der Waals surface area contributed by atoms with Crippen molar-refractivity contribution in [2.75, 3.05) is 11.9 Å². The number of hydrogen-bond donors (Lipinski definition) is 2. The van der Waals surface area contributed by atoms with E-state index in [1.165, 1.54) is 17.3 Å². The summed E-state index contributed by atoms with van der Waals surface area (Å²) >= 11 is 0. The van der Waals surface area contributed by atoms with Crippen LogP contribution in [0, 0.1) is 0 Å². The van der Waals surface area contributed by atoms with Gasteiger partial charge < -0.3 is 10.6 Å². The second kappa shape index (κ2) is 8.57. The largest absolute Gasteiger partial charge is 0.352 e. The molecule has 0 aliphatic rings. The van der Waals surface area contributed by atoms with Crippen LogP contribution in [0.4, 0.5) is 5.69 Å². The molecule has 0 radical (unpaired) electrons. The van der Waals surface area contributed by atoms with Gasteiger partial charge in [0.15, 0.2) is 0 Å². The van der Waals surface area contributed by atoms with Crippen LogP contribution in [0.1, 0.15) is 15.9 Å². The zero-order valence-electron chi connectivity index (χ0n) is 14.1. The van der Waals surface area contributed by atoms with Crippen LogP contribution in [0.15, 0.2) is 67.3 Å². The van der Waals surface area contributed by atoms with E-state index in [1.54, 1.807) is 24.3 Å². The highest BCUT2D eigenvalue weighted by molar-refractivity contribution is 6.03. The first-order valence-electron chi connectivity index (χ1n) is 8.26. The van der Waals surface area contributed by atoms with Crippen molar-refractivity contribution < 1.29 is 9.59 Å². The summed E-state index contributed by atoms with van der Waals surface area (Å²) in [6.45, 7) is 0.550. The van der Waals surface area contributed by atoms with Crippen LogP contribution in [0.3, 0.4) is 0 Å². The number of benzene rings is 2. The third-order valence-corrected chi connectivity index (χ3v) is 3.76. The summed E-state index contributed by atoms with van der Waals surface area (Å²) in [5, 5.41) is 9.53. The molecular formula is C19H19N5O2. The van der Waals surface area contributed by atoms with Gasteiger partial charge in [-0.05, 0) is 24.1 Å². The van der Waals surface area contributed by atoms with Gasteiger partial charge in [0, 0.05) is 6.54 Å². The van der Waals surface area contributed by atoms with Crippen molar-refractivity contribution >= 4 is 17.5 Å². The molecule has 2 amide bonds. The molecule has 0 saturated carbocycles. The SMILES string of the molecule is O=C(Cn1cncn1)Nc1ccccc1C(=O)NCCc1ccccc1. The Hall–Kier alpha value is -3.48. The fourth-order valence-corrected chi connectivity index (χ4v) is 2.50. The quantitative estimate of drug-likeness (QED) is 0.682. The van der Waals surface area contributed by atoms with Crippen molar-refractivity contribution in [3.8, 4) is 0 Å². The topological polar surface area (TPSA) is 88.9 Å². The number of para-hydroxylation sites is 1. The van der Waals surface area contributed by atoms with Crippen LogP contribution >= 0.6 is 0 Å². The van der Waals surface area contributed by atoms with E-state index in [1.807, 2.05) is 30.3 Å². The first-order chi connectivity index (χ1) is 12.7. The van der Waals surface area contributed by atoms with Crippen LogP contribution in [-0.2, 0) is 17.8 Å². The Morgan fingerprint density at radius 3 is 2.54 bits per heavy atom. The van der Waals surface area contributed by atoms with Crippen molar-refractivity contribution in [3.05, 3.63) is 78.4 Å². The van der Waals surface area contributed by atoms with E-state index in [4.69, 9.17) is 0 Å². The van der Waals surface area contributed by atoms with Gasteiger partial charge in [0.05, 0.1) is 11.3 Å². The van der Waals surface area contributed by atoms with Crippen LogP contribution in [0.2, 0.25) is 0 Å². The summed E-state index contributed by atoms with van der Waals surface area (Å²) < 4.78 is 1.41. The number of carbonyl (C=O) groups is 2. The van der Waals surface area contributed by atoms with E-state index in [2.05, 4.69) is 20.7 Å². The molecule has 1 aromatic heterocycles. The van der Waals surface area contributed by atoms with Gasteiger partial charge in [0.25, 0.3) is 5.91 Å². The summed E-state index contributed by atoms with van der Waals surface area (Å²) in [6, 6.07) is 16.8. The third kappa shape index (κ3) is 4.76. The van der Waals surface area contributed by atoms with Gasteiger partial charge in [0.1, 0.15) is 19.2 Å². The second-order valence-corrected chi connectivity index (χ2v) is 5.68. The fraction of sp³-hybridized carbons (Fsp3) is 0.158. The molecule has 7 nitrogen and oxygen atoms in total. The number of nitrogens with zero attached hydrogens (tertiary/aromatic N) is 3. The average Bonchev–Trinajstić information content (AvgIpc) is 3.16. The lowest BCUT2D eigenvalue weighted by molar-refractivity contribution is -0.116. The highest BCUT2D eigenvalue weighted by atomic mass is 16.2. The van der Waals surface area contributed by atoms with Gasteiger partial charge in [0.2, 0.25) is 5.91 Å². The summed E-state index contributed by atoms with van der Waals surface area (Å²) in [5.74, 6) is -0.502. The molecule has 2 aromatic carbocycles. The minimum Gasteiger partial charge on any atom is -0.352 e. The van der Waals surface area contributed by atoms with Crippen molar-refractivity contribution in [2.45, 2.75) is 13.0 Å². The van der Waals surface area contributed by atoms with Crippen LogP contribution in [-0.4, -0.2) is 33.1 Å². The second-order valence-electron chi connectivity index (χ2n) is 5.68. The van der Waals surface area contributed by atoms with Crippen molar-refractivity contribution in [3.63, 3.8) is 0 Å². The van der Waals surface area contributed by atoms with Crippen molar-refractivity contribution in [1.29, 1.82) is 0 Å². The zero-order chi connectivity index (χ0) is 18.2. The van der Waals surface area contributed by atoms with E-state index in [0.717, 1.165) is 12.0 Å². The maximum atomic E-state index is 12.5. The van der Waals surface area contributed by atoms with E-state index < -0.39 is 0 Å². The van der Waals surface area contributed by atoms with Gasteiger partial charge in [-0.25, -0.2) is 9.67 Å². The number of hydrogen-bond acceptors (Lipinski definition) is 4. The zero-order valence-corrected chi connectivity index (χ0v) is 14.1. The maximum absolute atomic E-state index is 12.5. The molecule has 0 spiro atoms. The van der Waals surface area contributed by atoms with E-state index in [0.29, 0.717) is 17.8 Å². The molecule has 26 heavy (non-hydrogen) atoms. The number of carbonyl (C=O) groups excluding carboxylic acids is 2. The van der Waals surface area contributed by atoms with E-state index in [-0.39, 0.29) is 18.4 Å². The molecular weight excluding hydrogens is 330 g/mol. The molecule has 0 bridgehead atoms. The van der Waals surface area contributed by atoms with E-state index in [9.17, 15) is 9.59 Å². The average molecular weight is 349 g/mol. The molecule has 7 heteroatoms. The van der Waals surface area contributed by atoms with Crippen LogP contribution in [0.25, 0.3) is 0 Å². The smallest absolute Gasteiger partial charge is 0.253 e. The molecule has 3 rings (SSSR count). The first kappa shape index (κ1) is 17.3. The molecule has 0 saturated heterocycles. The normalized spacial score (nSPS) is 10.3. The fourth-order valence-electron chi connectivity index (χ4n) is 2.50. The minimum atomic E-state index is -0.278. The monoisotopic (exact) mass is 349 g/mol. The number of rotatable bonds is 7. The Labute approximate surface area is 151 Å². The van der Waals surface area contributed by atoms with Gasteiger partial charge in [-0.2, -0.15) is 5.10 Å². The third-order valence-electron chi connectivity index (χ3n) is 3.76. The molecule has 0 aliphatic heterocycles. The molecule has 132 valence electrons. The molecule has 2 N–H and O–H groups in total. The molecule has 1 heterocycles. The van der Waals surface area contributed by atoms with Gasteiger partial charge >= 0.3 is 0 Å². The predicted molar refractivity (Wildman–Crippen MR) is 97.6 cm³/mol. The Balaban J connectivity index is 1.58. The van der Waals surface area contributed by atoms with Crippen molar-refractivity contribution in [2.24, 2.45) is 0 Å². The Bertz CT molecular complexity index is 863. The molecule has 0 aliphatic carbocycles. The Morgan fingerprint density at radius 2 is 1.77 bits per heavy atom. The molecule has 0 atom stereocenters. The highest BCUT2D eigenvalue weighted by Crippen LogP contribution is 2.15. The number of anilines is 1. The summed E-state index contributed by atoms with van der Waals surface area (Å²) in [4.78, 5) is 28.4. The summed E-state index contributed by atoms with van der Waals surface area (Å²) in [5.41, 5.74) is 2.05. The van der Waals surface area contributed by atoms with Gasteiger partial charge in [-0.1, -0.05) is 42.5 Å². The number of nitrogens with one attached hydrogen (secondary N) is 2. The standard InChI is InChI=1S/C19H19N5O2/c25-18(12-24-14-20-13-22-24)23-17-9-5-4-8-16(17)19(26)21-11-10-15-6-2-1-3-7-15/h1-9,13-14H,10-12H2,(H,21,26)(H,23,25). The maximum Gasteiger partial charge on any atom is 0.253 e. The lowest BCUT2D eigenvalue weighted by Gasteiger charge is -2.11. The predicted octanol–water partition coefficient (Wildman–Crippen LogP) is 1.89. The van der Waals surface area contributed by atoms with Crippen molar-refractivity contribution in [1.82, 2.24) is 20.1 Å². The lowest BCUT2D eigenvalue weighted by Crippen LogP contribution is -2.27. The van der Waals surface area contributed by atoms with E-state index >= 15 is 0 Å². The number of amides is 2. The number of aromatic nitrogens is 3. The Morgan fingerprint density at radius 1 is 1.00 bits per heavy atom. The minimum absolute atomic E-state index is 0.0317. The van der Waals surface area contributed by atoms with Gasteiger partial charge in [-0.15, -0.1) is 0 Å². The lowest BCUT2D eigenvalue weighted by atomic mass is 10.1. The Kier molecular flexibility index (Phi) is 5.72. The van der Waals surface area contributed by atoms with Crippen LogP contribution in [0.5, 0.6) is 0 Å². The summed E-state index contributed by atoms with van der Waals surface area (Å²) in [7, 11) is 0. The molecule has 3 aromatic rings. The van der Waals surface area contributed by atoms with Crippen LogP contribution < -0.4 is 10.6 Å². The molecule has 0 unspecified atom stereocenters.